The number of rotatable bonds is 6. The minimum atomic E-state index is -0.496. The summed E-state index contributed by atoms with van der Waals surface area (Å²) in [5.74, 6) is 0.784. The van der Waals surface area contributed by atoms with Gasteiger partial charge in [-0.15, -0.1) is 0 Å². The molecule has 0 unspecified atom stereocenters. The average Bonchev–Trinajstić information content (AvgIpc) is 3.01. The number of aromatic nitrogens is 1. The largest absolute Gasteiger partial charge is 0.494 e. The number of likely N-dealkylation sites (tertiary alicyclic amines) is 1. The van der Waals surface area contributed by atoms with E-state index in [4.69, 9.17) is 4.74 Å². The van der Waals surface area contributed by atoms with Crippen molar-refractivity contribution >= 4 is 5.91 Å². The first-order chi connectivity index (χ1) is 12.2. The monoisotopic (exact) mass is 340 g/mol. The third-order valence-corrected chi connectivity index (χ3v) is 4.52. The predicted molar refractivity (Wildman–Crippen MR) is 95.6 cm³/mol. The summed E-state index contributed by atoms with van der Waals surface area (Å²) in [6, 6.07) is 11.1. The van der Waals surface area contributed by atoms with Crippen LogP contribution in [0.3, 0.4) is 0 Å². The number of carbonyl (C=O) groups is 1. The maximum absolute atomic E-state index is 12.7. The summed E-state index contributed by atoms with van der Waals surface area (Å²) < 4.78 is 5.55. The third kappa shape index (κ3) is 4.37. The van der Waals surface area contributed by atoms with Crippen molar-refractivity contribution in [2.75, 3.05) is 19.7 Å². The van der Waals surface area contributed by atoms with Crippen LogP contribution in [0, 0.1) is 5.92 Å². The minimum Gasteiger partial charge on any atom is -0.494 e. The maximum atomic E-state index is 12.7. The van der Waals surface area contributed by atoms with Crippen LogP contribution in [0.4, 0.5) is 0 Å². The quantitative estimate of drug-likeness (QED) is 0.878. The number of aliphatic hydroxyl groups is 1. The second-order valence-electron chi connectivity index (χ2n) is 6.47. The van der Waals surface area contributed by atoms with Crippen molar-refractivity contribution in [1.29, 1.82) is 0 Å². The number of aliphatic hydroxyl groups excluding tert-OH is 1. The zero-order valence-electron chi connectivity index (χ0n) is 14.5. The molecule has 0 radical (unpaired) electrons. The topological polar surface area (TPSA) is 62.7 Å². The number of hydrogen-bond donors (Lipinski definition) is 1. The fraction of sp³-hybridized carbons (Fsp3) is 0.400. The first-order valence-corrected chi connectivity index (χ1v) is 8.76. The number of β-amino-alcohol motifs (C(OH)–C–C–N with tert-alkyl or cyclic N) is 1. The molecule has 25 heavy (non-hydrogen) atoms. The normalized spacial score (nSPS) is 19.8. The van der Waals surface area contributed by atoms with Crippen LogP contribution in [-0.2, 0) is 6.42 Å². The van der Waals surface area contributed by atoms with Crippen molar-refractivity contribution in [3.05, 3.63) is 59.9 Å². The van der Waals surface area contributed by atoms with E-state index in [2.05, 4.69) is 11.9 Å². The van der Waals surface area contributed by atoms with Gasteiger partial charge in [-0.3, -0.25) is 9.78 Å². The molecule has 1 N–H and O–H groups in total. The molecule has 1 amide bonds. The van der Waals surface area contributed by atoms with E-state index in [1.165, 1.54) is 0 Å². The van der Waals surface area contributed by atoms with Crippen molar-refractivity contribution in [2.45, 2.75) is 25.9 Å². The zero-order chi connectivity index (χ0) is 17.6. The fourth-order valence-electron chi connectivity index (χ4n) is 3.14. The van der Waals surface area contributed by atoms with E-state index in [1.807, 2.05) is 24.3 Å². The molecule has 3 rings (SSSR count). The van der Waals surface area contributed by atoms with Crippen LogP contribution in [0.25, 0.3) is 0 Å². The summed E-state index contributed by atoms with van der Waals surface area (Å²) in [5, 5.41) is 10.3. The lowest BCUT2D eigenvalue weighted by Gasteiger charge is -2.16. The van der Waals surface area contributed by atoms with E-state index in [9.17, 15) is 9.90 Å². The van der Waals surface area contributed by atoms with Crippen LogP contribution in [0.15, 0.2) is 48.8 Å². The van der Waals surface area contributed by atoms with Gasteiger partial charge in [-0.25, -0.2) is 0 Å². The molecule has 1 saturated heterocycles. The lowest BCUT2D eigenvalue weighted by atomic mass is 9.97. The van der Waals surface area contributed by atoms with Gasteiger partial charge >= 0.3 is 0 Å². The average molecular weight is 340 g/mol. The third-order valence-electron chi connectivity index (χ3n) is 4.52. The summed E-state index contributed by atoms with van der Waals surface area (Å²) in [7, 11) is 0. The van der Waals surface area contributed by atoms with E-state index in [0.29, 0.717) is 25.3 Å². The van der Waals surface area contributed by atoms with Gasteiger partial charge in [0.2, 0.25) is 0 Å². The Hall–Kier alpha value is -2.40. The van der Waals surface area contributed by atoms with Crippen LogP contribution in [-0.4, -0.2) is 46.7 Å². The number of ether oxygens (including phenoxy) is 1. The lowest BCUT2D eigenvalue weighted by Crippen LogP contribution is -2.29. The van der Waals surface area contributed by atoms with Crippen LogP contribution < -0.4 is 4.74 Å². The van der Waals surface area contributed by atoms with Crippen molar-refractivity contribution in [3.63, 3.8) is 0 Å². The van der Waals surface area contributed by atoms with Gasteiger partial charge in [-0.2, -0.15) is 0 Å². The first-order valence-electron chi connectivity index (χ1n) is 8.76. The smallest absolute Gasteiger partial charge is 0.253 e. The van der Waals surface area contributed by atoms with Gasteiger partial charge in [-0.05, 0) is 54.8 Å². The van der Waals surface area contributed by atoms with Gasteiger partial charge in [0, 0.05) is 37.0 Å². The Morgan fingerprint density at radius 1 is 1.20 bits per heavy atom. The molecule has 1 aromatic heterocycles. The summed E-state index contributed by atoms with van der Waals surface area (Å²) >= 11 is 0. The molecule has 0 bridgehead atoms. The van der Waals surface area contributed by atoms with E-state index in [1.54, 1.807) is 29.4 Å². The standard InChI is InChI=1S/C20H24N2O3/c1-2-11-25-18-5-3-16(4-6-18)20(24)22-13-17(19(23)14-22)12-15-7-9-21-10-8-15/h3-10,17,19,23H,2,11-14H2,1H3/t17-,19+/m1/s1. The molecule has 132 valence electrons. The van der Waals surface area contributed by atoms with Crippen molar-refractivity contribution in [2.24, 2.45) is 5.92 Å². The zero-order valence-corrected chi connectivity index (χ0v) is 14.5. The highest BCUT2D eigenvalue weighted by Gasteiger charge is 2.34. The van der Waals surface area contributed by atoms with Gasteiger partial charge in [-0.1, -0.05) is 6.92 Å². The maximum Gasteiger partial charge on any atom is 0.253 e. The number of nitrogens with zero attached hydrogens (tertiary/aromatic N) is 2. The first kappa shape index (κ1) is 17.4. The lowest BCUT2D eigenvalue weighted by molar-refractivity contribution is 0.0764. The molecule has 5 nitrogen and oxygen atoms in total. The predicted octanol–water partition coefficient (Wildman–Crippen LogP) is 2.55. The summed E-state index contributed by atoms with van der Waals surface area (Å²) in [4.78, 5) is 18.4. The van der Waals surface area contributed by atoms with Crippen molar-refractivity contribution < 1.29 is 14.6 Å². The summed E-state index contributed by atoms with van der Waals surface area (Å²) in [6.45, 7) is 3.67. The number of benzene rings is 1. The highest BCUT2D eigenvalue weighted by Crippen LogP contribution is 2.23. The highest BCUT2D eigenvalue weighted by molar-refractivity contribution is 5.94. The molecule has 2 heterocycles. The molecule has 5 heteroatoms. The number of hydrogen-bond acceptors (Lipinski definition) is 4. The fourth-order valence-corrected chi connectivity index (χ4v) is 3.14. The molecule has 0 aliphatic carbocycles. The number of carbonyl (C=O) groups excluding carboxylic acids is 1. The van der Waals surface area contributed by atoms with E-state index in [0.717, 1.165) is 24.2 Å². The minimum absolute atomic E-state index is 0.0432. The molecule has 1 fully saturated rings. The molecule has 0 spiro atoms. The molecule has 0 saturated carbocycles. The van der Waals surface area contributed by atoms with E-state index >= 15 is 0 Å². The Kier molecular flexibility index (Phi) is 5.66. The number of amides is 1. The van der Waals surface area contributed by atoms with Crippen molar-refractivity contribution in [1.82, 2.24) is 9.88 Å². The van der Waals surface area contributed by atoms with Crippen LogP contribution in [0.1, 0.15) is 29.3 Å². The Morgan fingerprint density at radius 2 is 1.92 bits per heavy atom. The SMILES string of the molecule is CCCOc1ccc(C(=O)N2C[C@@H](Cc3ccncc3)[C@@H](O)C2)cc1. The Balaban J connectivity index is 1.61. The van der Waals surface area contributed by atoms with Crippen LogP contribution in [0.5, 0.6) is 5.75 Å². The molecule has 1 aliphatic heterocycles. The molecule has 2 atom stereocenters. The number of pyridine rings is 1. The molecular weight excluding hydrogens is 316 g/mol. The molecule has 2 aromatic rings. The van der Waals surface area contributed by atoms with Gasteiger partial charge in [0.05, 0.1) is 12.7 Å². The van der Waals surface area contributed by atoms with Crippen LogP contribution in [0.2, 0.25) is 0 Å². The Morgan fingerprint density at radius 3 is 2.60 bits per heavy atom. The second-order valence-corrected chi connectivity index (χ2v) is 6.47. The van der Waals surface area contributed by atoms with Gasteiger partial charge < -0.3 is 14.7 Å². The molecule has 1 aromatic carbocycles. The highest BCUT2D eigenvalue weighted by atomic mass is 16.5. The second kappa shape index (κ2) is 8.12. The Labute approximate surface area is 148 Å². The molecule has 1 aliphatic rings. The summed E-state index contributed by atoms with van der Waals surface area (Å²) in [6.07, 6.45) is 4.70. The van der Waals surface area contributed by atoms with E-state index < -0.39 is 6.10 Å². The summed E-state index contributed by atoms with van der Waals surface area (Å²) in [5.41, 5.74) is 1.76. The van der Waals surface area contributed by atoms with Gasteiger partial charge in [0.15, 0.2) is 0 Å². The van der Waals surface area contributed by atoms with Gasteiger partial charge in [0.25, 0.3) is 5.91 Å². The molecular formula is C20H24N2O3. The Bertz CT molecular complexity index is 688. The van der Waals surface area contributed by atoms with E-state index in [-0.39, 0.29) is 11.8 Å². The van der Waals surface area contributed by atoms with Crippen LogP contribution >= 0.6 is 0 Å². The van der Waals surface area contributed by atoms with Gasteiger partial charge in [0.1, 0.15) is 5.75 Å². The van der Waals surface area contributed by atoms with Crippen molar-refractivity contribution in [3.8, 4) is 5.75 Å².